The topological polar surface area (TPSA) is 95.6 Å². The standard InChI is InChI=1S/C19H21N3O4S/c1-13-3-5-16(6-4-13)22(14(2)23)10-9-20-27(25,26)17-7-8-18-15(11-17)12-19(24)21-18/h3-8,11,20H,9-10,12H2,1-2H3,(H,21,24). The zero-order chi connectivity index (χ0) is 19.6. The number of aryl methyl sites for hydroxylation is 1. The maximum Gasteiger partial charge on any atom is 0.240 e. The largest absolute Gasteiger partial charge is 0.326 e. The number of nitrogens with zero attached hydrogens (tertiary/aromatic N) is 1. The fourth-order valence-electron chi connectivity index (χ4n) is 2.94. The smallest absolute Gasteiger partial charge is 0.240 e. The Morgan fingerprint density at radius 2 is 1.89 bits per heavy atom. The van der Waals surface area contributed by atoms with E-state index in [1.165, 1.54) is 24.0 Å². The summed E-state index contributed by atoms with van der Waals surface area (Å²) in [6.45, 7) is 3.68. The van der Waals surface area contributed by atoms with Gasteiger partial charge in [-0.1, -0.05) is 17.7 Å². The van der Waals surface area contributed by atoms with E-state index in [1.54, 1.807) is 6.07 Å². The molecule has 0 saturated carbocycles. The highest BCUT2D eigenvalue weighted by molar-refractivity contribution is 7.89. The van der Waals surface area contributed by atoms with E-state index in [2.05, 4.69) is 10.0 Å². The molecule has 2 aromatic carbocycles. The number of rotatable bonds is 6. The number of sulfonamides is 1. The summed E-state index contributed by atoms with van der Waals surface area (Å²) in [4.78, 5) is 25.0. The number of anilines is 2. The first-order valence-electron chi connectivity index (χ1n) is 8.53. The van der Waals surface area contributed by atoms with Gasteiger partial charge in [0.1, 0.15) is 0 Å². The van der Waals surface area contributed by atoms with E-state index in [4.69, 9.17) is 0 Å². The fourth-order valence-corrected chi connectivity index (χ4v) is 4.01. The van der Waals surface area contributed by atoms with Gasteiger partial charge in [-0.3, -0.25) is 9.59 Å². The van der Waals surface area contributed by atoms with Gasteiger partial charge in [0.25, 0.3) is 0 Å². The van der Waals surface area contributed by atoms with Gasteiger partial charge in [-0.25, -0.2) is 13.1 Å². The Morgan fingerprint density at radius 3 is 2.56 bits per heavy atom. The number of hydrogen-bond donors (Lipinski definition) is 2. The first-order valence-corrected chi connectivity index (χ1v) is 10.0. The number of fused-ring (bicyclic) bond motifs is 1. The second-order valence-corrected chi connectivity index (χ2v) is 8.21. The van der Waals surface area contributed by atoms with E-state index in [-0.39, 0.29) is 36.2 Å². The number of benzene rings is 2. The molecule has 2 aromatic rings. The van der Waals surface area contributed by atoms with Crippen LogP contribution in [0.3, 0.4) is 0 Å². The molecule has 27 heavy (non-hydrogen) atoms. The average molecular weight is 387 g/mol. The summed E-state index contributed by atoms with van der Waals surface area (Å²) in [5.74, 6) is -0.317. The lowest BCUT2D eigenvalue weighted by Gasteiger charge is -2.21. The molecule has 3 rings (SSSR count). The van der Waals surface area contributed by atoms with Crippen LogP contribution >= 0.6 is 0 Å². The molecule has 0 aliphatic carbocycles. The number of hydrogen-bond acceptors (Lipinski definition) is 4. The highest BCUT2D eigenvalue weighted by Crippen LogP contribution is 2.25. The Kier molecular flexibility index (Phi) is 5.29. The molecule has 0 aromatic heterocycles. The van der Waals surface area contributed by atoms with Gasteiger partial charge in [0.2, 0.25) is 21.8 Å². The molecule has 8 heteroatoms. The van der Waals surface area contributed by atoms with Crippen molar-refractivity contribution >= 4 is 33.2 Å². The number of nitrogens with one attached hydrogen (secondary N) is 2. The molecule has 2 amide bonds. The van der Waals surface area contributed by atoms with Crippen molar-refractivity contribution in [1.29, 1.82) is 0 Å². The minimum atomic E-state index is -3.74. The van der Waals surface area contributed by atoms with Crippen molar-refractivity contribution < 1.29 is 18.0 Å². The van der Waals surface area contributed by atoms with E-state index >= 15 is 0 Å². The Bertz CT molecular complexity index is 985. The van der Waals surface area contributed by atoms with Crippen LogP contribution in [0.5, 0.6) is 0 Å². The third-order valence-corrected chi connectivity index (χ3v) is 5.82. The molecule has 1 heterocycles. The molecule has 7 nitrogen and oxygen atoms in total. The van der Waals surface area contributed by atoms with Gasteiger partial charge in [-0.2, -0.15) is 0 Å². The van der Waals surface area contributed by atoms with E-state index in [0.29, 0.717) is 11.3 Å². The maximum absolute atomic E-state index is 12.5. The molecule has 0 fully saturated rings. The van der Waals surface area contributed by atoms with Crippen LogP contribution in [0.2, 0.25) is 0 Å². The van der Waals surface area contributed by atoms with Gasteiger partial charge in [-0.15, -0.1) is 0 Å². The summed E-state index contributed by atoms with van der Waals surface area (Å²) >= 11 is 0. The van der Waals surface area contributed by atoms with E-state index < -0.39 is 10.0 Å². The second-order valence-electron chi connectivity index (χ2n) is 6.45. The number of carbonyl (C=O) groups excluding carboxylic acids is 2. The van der Waals surface area contributed by atoms with Crippen molar-refractivity contribution in [3.8, 4) is 0 Å². The van der Waals surface area contributed by atoms with Gasteiger partial charge in [0.05, 0.1) is 11.3 Å². The summed E-state index contributed by atoms with van der Waals surface area (Å²) in [7, 11) is -3.74. The molecule has 1 aliphatic heterocycles. The van der Waals surface area contributed by atoms with Crippen LogP contribution in [-0.4, -0.2) is 33.3 Å². The molecule has 0 saturated heterocycles. The molecule has 142 valence electrons. The fraction of sp³-hybridized carbons (Fsp3) is 0.263. The number of amides is 2. The summed E-state index contributed by atoms with van der Waals surface area (Å²) in [5, 5.41) is 2.67. The van der Waals surface area contributed by atoms with Crippen LogP contribution in [0.1, 0.15) is 18.1 Å². The van der Waals surface area contributed by atoms with Crippen LogP contribution in [0.15, 0.2) is 47.4 Å². The first kappa shape index (κ1) is 19.1. The highest BCUT2D eigenvalue weighted by atomic mass is 32.2. The highest BCUT2D eigenvalue weighted by Gasteiger charge is 2.22. The average Bonchev–Trinajstić information content (AvgIpc) is 2.98. The Hall–Kier alpha value is -2.71. The van der Waals surface area contributed by atoms with E-state index in [9.17, 15) is 18.0 Å². The second kappa shape index (κ2) is 7.50. The monoisotopic (exact) mass is 387 g/mol. The predicted octanol–water partition coefficient (Wildman–Crippen LogP) is 1.82. The van der Waals surface area contributed by atoms with Crippen LogP contribution < -0.4 is 14.9 Å². The lowest BCUT2D eigenvalue weighted by Crippen LogP contribution is -2.37. The zero-order valence-electron chi connectivity index (χ0n) is 15.2. The van der Waals surface area contributed by atoms with Crippen molar-refractivity contribution in [2.45, 2.75) is 25.2 Å². The molecule has 0 radical (unpaired) electrons. The van der Waals surface area contributed by atoms with E-state index in [1.807, 2.05) is 31.2 Å². The Morgan fingerprint density at radius 1 is 1.19 bits per heavy atom. The Labute approximate surface area is 158 Å². The lowest BCUT2D eigenvalue weighted by atomic mass is 10.2. The molecule has 0 unspecified atom stereocenters. The summed E-state index contributed by atoms with van der Waals surface area (Å²) in [6, 6.07) is 12.0. The first-order chi connectivity index (χ1) is 12.8. The van der Waals surface area contributed by atoms with Crippen molar-refractivity contribution in [3.05, 3.63) is 53.6 Å². The van der Waals surface area contributed by atoms with Crippen molar-refractivity contribution in [3.63, 3.8) is 0 Å². The summed E-state index contributed by atoms with van der Waals surface area (Å²) < 4.78 is 27.6. The summed E-state index contributed by atoms with van der Waals surface area (Å²) in [6.07, 6.45) is 0.171. The SMILES string of the molecule is CC(=O)N(CCNS(=O)(=O)c1ccc2c(c1)CC(=O)N2)c1ccc(C)cc1. The lowest BCUT2D eigenvalue weighted by molar-refractivity contribution is -0.116. The molecule has 2 N–H and O–H groups in total. The van der Waals surface area contributed by atoms with Gasteiger partial charge in [-0.05, 0) is 42.8 Å². The molecule has 0 bridgehead atoms. The Balaban J connectivity index is 1.68. The van der Waals surface area contributed by atoms with Crippen LogP contribution in [0.25, 0.3) is 0 Å². The third kappa shape index (κ3) is 4.35. The van der Waals surface area contributed by atoms with Crippen LogP contribution in [0.4, 0.5) is 11.4 Å². The van der Waals surface area contributed by atoms with Crippen molar-refractivity contribution in [1.82, 2.24) is 4.72 Å². The van der Waals surface area contributed by atoms with Crippen molar-refractivity contribution in [2.75, 3.05) is 23.3 Å². The third-order valence-electron chi connectivity index (χ3n) is 4.37. The quantitative estimate of drug-likeness (QED) is 0.790. The normalized spacial score (nSPS) is 13.2. The van der Waals surface area contributed by atoms with Gasteiger partial charge in [0.15, 0.2) is 0 Å². The molecular weight excluding hydrogens is 366 g/mol. The molecular formula is C19H21N3O4S. The molecule has 0 atom stereocenters. The maximum atomic E-state index is 12.5. The molecule has 1 aliphatic rings. The minimum absolute atomic E-state index is 0.0735. The van der Waals surface area contributed by atoms with Crippen LogP contribution in [-0.2, 0) is 26.0 Å². The van der Waals surface area contributed by atoms with Gasteiger partial charge < -0.3 is 10.2 Å². The summed E-state index contributed by atoms with van der Waals surface area (Å²) in [5.41, 5.74) is 3.09. The predicted molar refractivity (Wildman–Crippen MR) is 103 cm³/mol. The van der Waals surface area contributed by atoms with Crippen molar-refractivity contribution in [2.24, 2.45) is 0 Å². The van der Waals surface area contributed by atoms with E-state index in [0.717, 1.165) is 11.3 Å². The van der Waals surface area contributed by atoms with Crippen LogP contribution in [0, 0.1) is 6.92 Å². The van der Waals surface area contributed by atoms with Gasteiger partial charge in [0, 0.05) is 31.4 Å². The minimum Gasteiger partial charge on any atom is -0.326 e. The zero-order valence-corrected chi connectivity index (χ0v) is 16.0. The number of carbonyl (C=O) groups is 2. The molecule has 0 spiro atoms. The van der Waals surface area contributed by atoms with Gasteiger partial charge >= 0.3 is 0 Å².